The molecular formula is C19H20N2O2. The minimum atomic E-state index is -1.02. The number of aliphatic hydroxyl groups is 1. The first-order valence-corrected chi connectivity index (χ1v) is 8.00. The first kappa shape index (κ1) is 14.3. The van der Waals surface area contributed by atoms with Gasteiger partial charge in [-0.3, -0.25) is 4.99 Å². The second-order valence-corrected chi connectivity index (χ2v) is 6.10. The van der Waals surface area contributed by atoms with Crippen molar-refractivity contribution in [1.82, 2.24) is 4.90 Å². The van der Waals surface area contributed by atoms with E-state index in [4.69, 9.17) is 4.74 Å². The van der Waals surface area contributed by atoms with Crippen LogP contribution in [0.5, 0.6) is 5.75 Å². The Kier molecular flexibility index (Phi) is 3.34. The number of nitrogens with zero attached hydrogens (tertiary/aromatic N) is 2. The van der Waals surface area contributed by atoms with Gasteiger partial charge >= 0.3 is 0 Å². The quantitative estimate of drug-likeness (QED) is 0.948. The number of benzene rings is 2. The molecule has 0 radical (unpaired) electrons. The topological polar surface area (TPSA) is 45.1 Å². The summed E-state index contributed by atoms with van der Waals surface area (Å²) in [5.41, 5.74) is 2.07. The Morgan fingerprint density at radius 3 is 2.74 bits per heavy atom. The van der Waals surface area contributed by atoms with E-state index in [1.807, 2.05) is 42.5 Å². The molecule has 0 spiro atoms. The molecule has 0 bridgehead atoms. The van der Waals surface area contributed by atoms with E-state index < -0.39 is 5.72 Å². The van der Waals surface area contributed by atoms with Crippen molar-refractivity contribution in [2.45, 2.75) is 18.6 Å². The van der Waals surface area contributed by atoms with Crippen LogP contribution in [0.1, 0.15) is 23.1 Å². The van der Waals surface area contributed by atoms with Crippen LogP contribution in [0.2, 0.25) is 0 Å². The maximum absolute atomic E-state index is 11.5. The average molecular weight is 308 g/mol. The number of fused-ring (bicyclic) bond motifs is 3. The molecule has 0 amide bonds. The predicted octanol–water partition coefficient (Wildman–Crippen LogP) is 2.55. The molecule has 0 aliphatic carbocycles. The molecule has 2 aromatic carbocycles. The van der Waals surface area contributed by atoms with Gasteiger partial charge in [-0.1, -0.05) is 36.4 Å². The van der Waals surface area contributed by atoms with Crippen molar-refractivity contribution in [1.29, 1.82) is 0 Å². The lowest BCUT2D eigenvalue weighted by Gasteiger charge is -2.37. The maximum Gasteiger partial charge on any atom is 0.170 e. The van der Waals surface area contributed by atoms with Crippen LogP contribution in [0, 0.1) is 0 Å². The summed E-state index contributed by atoms with van der Waals surface area (Å²) in [7, 11) is 1.66. The van der Waals surface area contributed by atoms with Crippen molar-refractivity contribution in [3.05, 3.63) is 65.2 Å². The highest BCUT2D eigenvalue weighted by Gasteiger charge is 2.47. The first-order chi connectivity index (χ1) is 11.2. The highest BCUT2D eigenvalue weighted by Crippen LogP contribution is 2.41. The van der Waals surface area contributed by atoms with Crippen LogP contribution in [0.3, 0.4) is 0 Å². The van der Waals surface area contributed by atoms with Gasteiger partial charge < -0.3 is 14.7 Å². The number of ether oxygens (including phenoxy) is 1. The molecule has 2 aromatic rings. The second-order valence-electron chi connectivity index (χ2n) is 6.10. The molecule has 1 unspecified atom stereocenters. The molecule has 2 aliphatic heterocycles. The number of rotatable bonds is 3. The summed E-state index contributed by atoms with van der Waals surface area (Å²) < 4.78 is 5.21. The summed E-state index contributed by atoms with van der Waals surface area (Å²) in [4.78, 5) is 6.72. The number of hydrogen-bond acceptors (Lipinski definition) is 4. The lowest BCUT2D eigenvalue weighted by atomic mass is 9.94. The Hall–Kier alpha value is -2.33. The van der Waals surface area contributed by atoms with Gasteiger partial charge in [-0.2, -0.15) is 0 Å². The van der Waals surface area contributed by atoms with Gasteiger partial charge in [0.25, 0.3) is 0 Å². The van der Waals surface area contributed by atoms with E-state index in [0.717, 1.165) is 47.8 Å². The molecule has 118 valence electrons. The smallest absolute Gasteiger partial charge is 0.170 e. The molecule has 23 heavy (non-hydrogen) atoms. The summed E-state index contributed by atoms with van der Waals surface area (Å²) in [5, 5.41) is 11.5. The zero-order valence-electron chi connectivity index (χ0n) is 13.2. The summed E-state index contributed by atoms with van der Waals surface area (Å²) in [6.45, 7) is 1.67. The molecule has 0 fully saturated rings. The Morgan fingerprint density at radius 1 is 1.17 bits per heavy atom. The van der Waals surface area contributed by atoms with Gasteiger partial charge in [0.15, 0.2) is 5.72 Å². The van der Waals surface area contributed by atoms with Crippen LogP contribution < -0.4 is 4.74 Å². The van der Waals surface area contributed by atoms with Crippen molar-refractivity contribution < 1.29 is 9.84 Å². The Balaban J connectivity index is 1.75. The van der Waals surface area contributed by atoms with Crippen molar-refractivity contribution in [2.24, 2.45) is 4.99 Å². The van der Waals surface area contributed by atoms with E-state index >= 15 is 0 Å². The van der Waals surface area contributed by atoms with Crippen LogP contribution >= 0.6 is 0 Å². The maximum atomic E-state index is 11.5. The second kappa shape index (κ2) is 5.39. The van der Waals surface area contributed by atoms with Crippen molar-refractivity contribution in [2.75, 3.05) is 20.2 Å². The molecule has 0 saturated carbocycles. The van der Waals surface area contributed by atoms with Gasteiger partial charge in [-0.25, -0.2) is 0 Å². The predicted molar refractivity (Wildman–Crippen MR) is 89.8 cm³/mol. The van der Waals surface area contributed by atoms with Gasteiger partial charge in [0.1, 0.15) is 11.6 Å². The fraction of sp³-hybridized carbons (Fsp3) is 0.316. The van der Waals surface area contributed by atoms with Crippen LogP contribution in [-0.2, 0) is 12.1 Å². The number of methoxy groups -OCH3 is 1. The van der Waals surface area contributed by atoms with E-state index in [1.165, 1.54) is 0 Å². The van der Waals surface area contributed by atoms with Gasteiger partial charge in [0.05, 0.1) is 7.11 Å². The Morgan fingerprint density at radius 2 is 1.96 bits per heavy atom. The third-order valence-corrected chi connectivity index (χ3v) is 4.71. The third kappa shape index (κ3) is 2.21. The molecule has 4 rings (SSSR count). The summed E-state index contributed by atoms with van der Waals surface area (Å²) >= 11 is 0. The van der Waals surface area contributed by atoms with Crippen molar-refractivity contribution in [3.63, 3.8) is 0 Å². The van der Waals surface area contributed by atoms with Gasteiger partial charge in [-0.05, 0) is 24.1 Å². The van der Waals surface area contributed by atoms with Crippen LogP contribution in [0.15, 0.2) is 53.5 Å². The zero-order valence-corrected chi connectivity index (χ0v) is 13.2. The van der Waals surface area contributed by atoms with E-state index in [0.29, 0.717) is 6.42 Å². The molecule has 0 saturated heterocycles. The molecular weight excluding hydrogens is 288 g/mol. The standard InChI is InChI=1S/C19H20N2O2/c1-23-15-9-7-14(8-10-15)13-19(22)17-6-3-2-5-16(17)18-20-11-4-12-21(18)19/h2-3,5-10,22H,4,11-13H2,1H3. The summed E-state index contributed by atoms with van der Waals surface area (Å²) in [5.74, 6) is 1.76. The molecule has 4 nitrogen and oxygen atoms in total. The monoisotopic (exact) mass is 308 g/mol. The molecule has 0 aromatic heterocycles. The summed E-state index contributed by atoms with van der Waals surface area (Å²) in [6, 6.07) is 16.0. The largest absolute Gasteiger partial charge is 0.497 e. The fourth-order valence-electron chi connectivity index (χ4n) is 3.59. The SMILES string of the molecule is COc1ccc(CC2(O)c3ccccc3C3=NCCCN32)cc1. The Bertz CT molecular complexity index is 754. The van der Waals surface area contributed by atoms with Crippen molar-refractivity contribution in [3.8, 4) is 5.75 Å². The number of amidine groups is 1. The molecule has 4 heteroatoms. The van der Waals surface area contributed by atoms with Crippen LogP contribution in [0.4, 0.5) is 0 Å². The Labute approximate surface area is 136 Å². The third-order valence-electron chi connectivity index (χ3n) is 4.71. The highest BCUT2D eigenvalue weighted by atomic mass is 16.5. The summed E-state index contributed by atoms with van der Waals surface area (Å²) in [6.07, 6.45) is 1.51. The molecule has 2 aliphatic rings. The minimum Gasteiger partial charge on any atom is -0.497 e. The van der Waals surface area contributed by atoms with Crippen LogP contribution in [-0.4, -0.2) is 36.0 Å². The fourth-order valence-corrected chi connectivity index (χ4v) is 3.59. The number of aliphatic imine (C=N–C) groups is 1. The van der Waals surface area contributed by atoms with Gasteiger partial charge in [0, 0.05) is 30.6 Å². The average Bonchev–Trinajstić information content (AvgIpc) is 2.86. The lowest BCUT2D eigenvalue weighted by molar-refractivity contribution is -0.0704. The zero-order chi connectivity index (χ0) is 15.9. The van der Waals surface area contributed by atoms with E-state index in [-0.39, 0.29) is 0 Å². The number of hydrogen-bond donors (Lipinski definition) is 1. The van der Waals surface area contributed by atoms with E-state index in [1.54, 1.807) is 7.11 Å². The van der Waals surface area contributed by atoms with Crippen LogP contribution in [0.25, 0.3) is 0 Å². The highest BCUT2D eigenvalue weighted by molar-refractivity contribution is 6.04. The van der Waals surface area contributed by atoms with E-state index in [2.05, 4.69) is 16.0 Å². The van der Waals surface area contributed by atoms with Gasteiger partial charge in [0.2, 0.25) is 0 Å². The van der Waals surface area contributed by atoms with Crippen molar-refractivity contribution >= 4 is 5.84 Å². The first-order valence-electron chi connectivity index (χ1n) is 8.00. The van der Waals surface area contributed by atoms with Gasteiger partial charge in [-0.15, -0.1) is 0 Å². The minimum absolute atomic E-state index is 0.535. The lowest BCUT2D eigenvalue weighted by Crippen LogP contribution is -2.47. The molecule has 1 N–H and O–H groups in total. The van der Waals surface area contributed by atoms with E-state index in [9.17, 15) is 5.11 Å². The normalized spacial score (nSPS) is 22.3. The molecule has 2 heterocycles. The molecule has 1 atom stereocenters.